The van der Waals surface area contributed by atoms with Crippen LogP contribution in [0.3, 0.4) is 0 Å². The zero-order valence-corrected chi connectivity index (χ0v) is 10.1. The first-order valence-electron chi connectivity index (χ1n) is 5.52. The smallest absolute Gasteiger partial charge is 0.189 e. The van der Waals surface area contributed by atoms with Crippen molar-refractivity contribution in [2.24, 2.45) is 0 Å². The van der Waals surface area contributed by atoms with Gasteiger partial charge in [0, 0.05) is 12.2 Å². The minimum Gasteiger partial charge on any atom is -0.287 e. The van der Waals surface area contributed by atoms with Gasteiger partial charge in [0.2, 0.25) is 0 Å². The zero-order chi connectivity index (χ0) is 10.9. The summed E-state index contributed by atoms with van der Waals surface area (Å²) in [6.07, 6.45) is 3.85. The monoisotopic (exact) mass is 222 g/mol. The molecule has 0 radical (unpaired) electrons. The van der Waals surface area contributed by atoms with Crippen LogP contribution in [-0.2, 0) is 11.2 Å². The predicted molar refractivity (Wildman–Crippen MR) is 67.1 cm³/mol. The molecule has 82 valence electrons. The molecular formula is C13H18OS. The van der Waals surface area contributed by atoms with Gasteiger partial charge in [-0.3, -0.25) is 4.79 Å². The Morgan fingerprint density at radius 1 is 1.27 bits per heavy atom. The second-order valence-corrected chi connectivity index (χ2v) is 4.71. The average Bonchev–Trinajstić information content (AvgIpc) is 2.28. The topological polar surface area (TPSA) is 17.1 Å². The molecule has 1 aromatic carbocycles. The Labute approximate surface area is 96.3 Å². The van der Waals surface area contributed by atoms with Crippen molar-refractivity contribution < 1.29 is 4.79 Å². The van der Waals surface area contributed by atoms with Crippen molar-refractivity contribution in [3.05, 3.63) is 35.9 Å². The quantitative estimate of drug-likeness (QED) is 0.683. The molecule has 1 aromatic rings. The van der Waals surface area contributed by atoms with Crippen LogP contribution >= 0.6 is 11.8 Å². The van der Waals surface area contributed by atoms with E-state index in [4.69, 9.17) is 0 Å². The predicted octanol–water partition coefficient (Wildman–Crippen LogP) is 3.68. The summed E-state index contributed by atoms with van der Waals surface area (Å²) >= 11 is 1.48. The second kappa shape index (κ2) is 7.52. The molecular weight excluding hydrogens is 204 g/mol. The first kappa shape index (κ1) is 12.3. The Balaban J connectivity index is 2.17. The second-order valence-electron chi connectivity index (χ2n) is 3.56. The van der Waals surface area contributed by atoms with Crippen molar-refractivity contribution in [3.63, 3.8) is 0 Å². The first-order chi connectivity index (χ1) is 7.33. The number of aryl methyl sites for hydroxylation is 1. The lowest BCUT2D eigenvalue weighted by molar-refractivity contribution is -0.110. The molecule has 0 amide bonds. The third-order valence-electron chi connectivity index (χ3n) is 2.22. The largest absolute Gasteiger partial charge is 0.287 e. The molecule has 0 N–H and O–H groups in total. The number of thioether (sulfide) groups is 1. The summed E-state index contributed by atoms with van der Waals surface area (Å²) in [7, 11) is 0. The fraction of sp³-hybridized carbons (Fsp3) is 0.462. The van der Waals surface area contributed by atoms with Crippen molar-refractivity contribution in [2.45, 2.75) is 32.6 Å². The van der Waals surface area contributed by atoms with Gasteiger partial charge in [0.15, 0.2) is 5.12 Å². The van der Waals surface area contributed by atoms with Crippen molar-refractivity contribution in [2.75, 3.05) is 5.75 Å². The molecule has 15 heavy (non-hydrogen) atoms. The molecule has 1 rings (SSSR count). The third-order valence-corrected chi connectivity index (χ3v) is 3.24. The van der Waals surface area contributed by atoms with Crippen LogP contribution < -0.4 is 0 Å². The third kappa shape index (κ3) is 5.63. The number of benzene rings is 1. The fourth-order valence-electron chi connectivity index (χ4n) is 1.29. The molecule has 0 fully saturated rings. The van der Waals surface area contributed by atoms with Crippen LogP contribution in [0.2, 0.25) is 0 Å². The van der Waals surface area contributed by atoms with Gasteiger partial charge in [-0.05, 0) is 18.4 Å². The average molecular weight is 222 g/mol. The molecule has 0 saturated heterocycles. The molecule has 0 heterocycles. The van der Waals surface area contributed by atoms with Crippen molar-refractivity contribution in [1.82, 2.24) is 0 Å². The van der Waals surface area contributed by atoms with Crippen LogP contribution in [0.15, 0.2) is 30.3 Å². The molecule has 0 spiro atoms. The van der Waals surface area contributed by atoms with Crippen LogP contribution in [0.5, 0.6) is 0 Å². The molecule has 0 aromatic heterocycles. The highest BCUT2D eigenvalue weighted by Gasteiger charge is 2.02. The lowest BCUT2D eigenvalue weighted by Gasteiger charge is -2.00. The highest BCUT2D eigenvalue weighted by molar-refractivity contribution is 8.13. The lowest BCUT2D eigenvalue weighted by Crippen LogP contribution is -1.96. The summed E-state index contributed by atoms with van der Waals surface area (Å²) in [6.45, 7) is 2.15. The normalized spacial score (nSPS) is 10.2. The molecule has 0 saturated carbocycles. The molecule has 2 heteroatoms. The number of hydrogen-bond acceptors (Lipinski definition) is 2. The van der Waals surface area contributed by atoms with Gasteiger partial charge in [-0.2, -0.15) is 0 Å². The summed E-state index contributed by atoms with van der Waals surface area (Å²) in [5, 5.41) is 0.326. The van der Waals surface area contributed by atoms with E-state index in [2.05, 4.69) is 19.1 Å². The molecule has 0 bridgehead atoms. The highest BCUT2D eigenvalue weighted by Crippen LogP contribution is 2.11. The number of rotatable bonds is 6. The number of carbonyl (C=O) groups excluding carboxylic acids is 1. The van der Waals surface area contributed by atoms with Crippen molar-refractivity contribution in [1.29, 1.82) is 0 Å². The van der Waals surface area contributed by atoms with E-state index in [1.165, 1.54) is 23.7 Å². The molecule has 0 unspecified atom stereocenters. The molecule has 0 aliphatic rings. The fourth-order valence-corrected chi connectivity index (χ4v) is 2.20. The number of hydrogen-bond donors (Lipinski definition) is 0. The van der Waals surface area contributed by atoms with Gasteiger partial charge < -0.3 is 0 Å². The van der Waals surface area contributed by atoms with E-state index < -0.39 is 0 Å². The minimum absolute atomic E-state index is 0.326. The van der Waals surface area contributed by atoms with E-state index in [-0.39, 0.29) is 0 Å². The van der Waals surface area contributed by atoms with Crippen LogP contribution in [0, 0.1) is 0 Å². The van der Waals surface area contributed by atoms with Gasteiger partial charge in [-0.25, -0.2) is 0 Å². The van der Waals surface area contributed by atoms with Gasteiger partial charge >= 0.3 is 0 Å². The molecule has 0 aliphatic heterocycles. The summed E-state index contributed by atoms with van der Waals surface area (Å²) in [5.41, 5.74) is 1.25. The SMILES string of the molecule is CCCCSC(=O)CCc1ccccc1. The van der Waals surface area contributed by atoms with Crippen molar-refractivity contribution >= 4 is 16.9 Å². The van der Waals surface area contributed by atoms with E-state index in [1.54, 1.807) is 0 Å². The zero-order valence-electron chi connectivity index (χ0n) is 9.24. The van der Waals surface area contributed by atoms with E-state index in [9.17, 15) is 4.79 Å². The molecule has 0 aliphatic carbocycles. The maximum atomic E-state index is 11.5. The van der Waals surface area contributed by atoms with Gasteiger partial charge in [-0.1, -0.05) is 55.4 Å². The molecule has 0 atom stereocenters. The van der Waals surface area contributed by atoms with Crippen LogP contribution in [0.4, 0.5) is 0 Å². The summed E-state index contributed by atoms with van der Waals surface area (Å²) in [6, 6.07) is 10.2. The Hall–Kier alpha value is -0.760. The summed E-state index contributed by atoms with van der Waals surface area (Å²) < 4.78 is 0. The summed E-state index contributed by atoms with van der Waals surface area (Å²) in [5.74, 6) is 0.976. The maximum Gasteiger partial charge on any atom is 0.189 e. The Morgan fingerprint density at radius 2 is 2.00 bits per heavy atom. The van der Waals surface area contributed by atoms with E-state index in [0.717, 1.165) is 18.6 Å². The summed E-state index contributed by atoms with van der Waals surface area (Å²) in [4.78, 5) is 11.5. The van der Waals surface area contributed by atoms with Gasteiger partial charge in [0.1, 0.15) is 0 Å². The standard InChI is InChI=1S/C13H18OS/c1-2-3-11-15-13(14)10-9-12-7-5-4-6-8-12/h4-8H,2-3,9-11H2,1H3. The Kier molecular flexibility index (Phi) is 6.17. The lowest BCUT2D eigenvalue weighted by atomic mass is 10.1. The van der Waals surface area contributed by atoms with Gasteiger partial charge in [-0.15, -0.1) is 0 Å². The highest BCUT2D eigenvalue weighted by atomic mass is 32.2. The van der Waals surface area contributed by atoms with Crippen molar-refractivity contribution in [3.8, 4) is 0 Å². The minimum atomic E-state index is 0.326. The van der Waals surface area contributed by atoms with E-state index in [1.807, 2.05) is 18.2 Å². The van der Waals surface area contributed by atoms with Crippen LogP contribution in [0.25, 0.3) is 0 Å². The van der Waals surface area contributed by atoms with E-state index in [0.29, 0.717) is 11.5 Å². The number of carbonyl (C=O) groups is 1. The first-order valence-corrected chi connectivity index (χ1v) is 6.51. The Morgan fingerprint density at radius 3 is 2.67 bits per heavy atom. The molecule has 1 nitrogen and oxygen atoms in total. The number of unbranched alkanes of at least 4 members (excludes halogenated alkanes) is 1. The maximum absolute atomic E-state index is 11.5. The van der Waals surface area contributed by atoms with E-state index >= 15 is 0 Å². The van der Waals surface area contributed by atoms with Crippen LogP contribution in [-0.4, -0.2) is 10.9 Å². The Bertz CT molecular complexity index is 282. The van der Waals surface area contributed by atoms with Gasteiger partial charge in [0.05, 0.1) is 0 Å². The van der Waals surface area contributed by atoms with Gasteiger partial charge in [0.25, 0.3) is 0 Å². The van der Waals surface area contributed by atoms with Crippen LogP contribution in [0.1, 0.15) is 31.7 Å².